The van der Waals surface area contributed by atoms with Gasteiger partial charge < -0.3 is 0 Å². The molecule has 0 saturated carbocycles. The highest BCUT2D eigenvalue weighted by molar-refractivity contribution is 7.92. The molecule has 0 saturated heterocycles. The third-order valence-corrected chi connectivity index (χ3v) is 14.1. The van der Waals surface area contributed by atoms with Crippen LogP contribution in [0.4, 0.5) is 0 Å². The fourth-order valence-corrected chi connectivity index (χ4v) is 11.7. The molecule has 3 aliphatic rings. The zero-order valence-electron chi connectivity index (χ0n) is 31.0. The monoisotopic (exact) mass is 761 g/mol. The summed E-state index contributed by atoms with van der Waals surface area (Å²) in [7, 11) is -3.84. The Morgan fingerprint density at radius 2 is 1.00 bits per heavy atom. The standard InChI is InChI=1S/C52H31N3O2S/c56-58(57)48-23-11-8-19-39(48)40-26-27-44-49(50(40)58)41-20-7-10-22-43(41)52(44)42-21-9-6-18-37(42)35-16-4-5-17-36(35)38-25-24-33(29-45(38)52)51-54-46(32-13-2-1-3-14-32)30-47(55-51)34-15-12-28-53-31-34/h1-31H. The molecule has 0 fully saturated rings. The second-order valence-corrected chi connectivity index (χ2v) is 16.9. The summed E-state index contributed by atoms with van der Waals surface area (Å²) in [5.41, 5.74) is 15.1. The van der Waals surface area contributed by atoms with E-state index in [2.05, 4.69) is 108 Å². The van der Waals surface area contributed by atoms with Crippen LogP contribution in [0.25, 0.3) is 78.4 Å². The number of aromatic nitrogens is 3. The fraction of sp³-hybridized carbons (Fsp3) is 0.0192. The van der Waals surface area contributed by atoms with Crippen LogP contribution in [0.1, 0.15) is 22.3 Å². The normalized spacial score (nSPS) is 15.9. The minimum atomic E-state index is -3.84. The summed E-state index contributed by atoms with van der Waals surface area (Å²) in [5.74, 6) is 0.586. The first-order valence-electron chi connectivity index (χ1n) is 19.3. The average Bonchev–Trinajstić information content (AvgIpc) is 3.68. The number of fused-ring (bicyclic) bond motifs is 16. The Balaban J connectivity index is 1.21. The van der Waals surface area contributed by atoms with Gasteiger partial charge in [-0.1, -0.05) is 146 Å². The van der Waals surface area contributed by atoms with E-state index < -0.39 is 15.3 Å². The molecule has 6 heteroatoms. The van der Waals surface area contributed by atoms with Gasteiger partial charge in [0.2, 0.25) is 9.84 Å². The molecule has 0 radical (unpaired) electrons. The molecule has 12 rings (SSSR count). The van der Waals surface area contributed by atoms with Crippen LogP contribution in [0.15, 0.2) is 198 Å². The second kappa shape index (κ2) is 12.1. The number of nitrogens with zero attached hydrogens (tertiary/aromatic N) is 3. The summed E-state index contributed by atoms with van der Waals surface area (Å²) >= 11 is 0. The molecule has 9 aromatic rings. The molecule has 58 heavy (non-hydrogen) atoms. The molecule has 5 nitrogen and oxygen atoms in total. The molecule has 1 atom stereocenters. The molecule has 272 valence electrons. The first kappa shape index (κ1) is 32.9. The van der Waals surface area contributed by atoms with Crippen LogP contribution in [-0.2, 0) is 15.3 Å². The smallest absolute Gasteiger partial charge is 0.208 e. The van der Waals surface area contributed by atoms with E-state index in [1.807, 2.05) is 72.9 Å². The van der Waals surface area contributed by atoms with Crippen LogP contribution in [0.2, 0.25) is 0 Å². The Morgan fingerprint density at radius 1 is 0.414 bits per heavy atom. The molecular weight excluding hydrogens is 731 g/mol. The van der Waals surface area contributed by atoms with Crippen molar-refractivity contribution >= 4 is 9.84 Å². The van der Waals surface area contributed by atoms with Gasteiger partial charge in [-0.2, -0.15) is 0 Å². The Hall–Kier alpha value is -7.28. The fourth-order valence-electron chi connectivity index (χ4n) is 9.81. The van der Waals surface area contributed by atoms with Crippen LogP contribution in [0, 0.1) is 0 Å². The van der Waals surface area contributed by atoms with E-state index in [4.69, 9.17) is 9.97 Å². The lowest BCUT2D eigenvalue weighted by molar-refractivity contribution is 0.599. The van der Waals surface area contributed by atoms with Crippen molar-refractivity contribution in [1.29, 1.82) is 0 Å². The van der Waals surface area contributed by atoms with Gasteiger partial charge >= 0.3 is 0 Å². The van der Waals surface area contributed by atoms with Crippen molar-refractivity contribution in [1.82, 2.24) is 15.0 Å². The topological polar surface area (TPSA) is 72.8 Å². The van der Waals surface area contributed by atoms with Crippen LogP contribution in [0.5, 0.6) is 0 Å². The Labute approximate surface area is 336 Å². The molecule has 0 bridgehead atoms. The second-order valence-electron chi connectivity index (χ2n) is 15.1. The van der Waals surface area contributed by atoms with Gasteiger partial charge in [0.05, 0.1) is 26.6 Å². The van der Waals surface area contributed by atoms with Crippen molar-refractivity contribution in [3.63, 3.8) is 0 Å². The molecule has 2 aliphatic carbocycles. The third kappa shape index (κ3) is 4.40. The van der Waals surface area contributed by atoms with Gasteiger partial charge in [0.15, 0.2) is 5.82 Å². The molecule has 1 spiro atoms. The van der Waals surface area contributed by atoms with E-state index in [1.54, 1.807) is 12.3 Å². The van der Waals surface area contributed by atoms with Crippen molar-refractivity contribution < 1.29 is 8.42 Å². The first-order valence-corrected chi connectivity index (χ1v) is 20.8. The zero-order chi connectivity index (χ0) is 38.6. The molecule has 7 aromatic carbocycles. The van der Waals surface area contributed by atoms with Crippen molar-refractivity contribution in [2.24, 2.45) is 0 Å². The summed E-state index contributed by atoms with van der Waals surface area (Å²) in [6.07, 6.45) is 3.60. The van der Waals surface area contributed by atoms with Gasteiger partial charge in [-0.05, 0) is 80.4 Å². The van der Waals surface area contributed by atoms with Crippen LogP contribution in [0.3, 0.4) is 0 Å². The number of sulfone groups is 1. The number of benzene rings is 7. The van der Waals surface area contributed by atoms with Gasteiger partial charge in [-0.3, -0.25) is 4.98 Å². The lowest BCUT2D eigenvalue weighted by atomic mass is 9.65. The number of hydrogen-bond donors (Lipinski definition) is 0. The van der Waals surface area contributed by atoms with E-state index in [9.17, 15) is 8.42 Å². The van der Waals surface area contributed by atoms with Crippen LogP contribution in [-0.4, -0.2) is 23.4 Å². The number of pyridine rings is 1. The van der Waals surface area contributed by atoms with Gasteiger partial charge in [0, 0.05) is 45.8 Å². The molecule has 2 aromatic heterocycles. The van der Waals surface area contributed by atoms with Crippen LogP contribution < -0.4 is 0 Å². The SMILES string of the molecule is O=S1(=O)c2ccccc2-c2ccc3c(c21)-c1ccccc1C31c2ccccc2-c2ccccc2-c2ccc(-c3nc(-c4ccccc4)cc(-c4cccnc4)n3)cc21. The Kier molecular flexibility index (Phi) is 6.87. The van der Waals surface area contributed by atoms with Gasteiger partial charge in [-0.25, -0.2) is 18.4 Å². The van der Waals surface area contributed by atoms with Gasteiger partial charge in [0.25, 0.3) is 0 Å². The Morgan fingerprint density at radius 3 is 1.74 bits per heavy atom. The van der Waals surface area contributed by atoms with E-state index in [0.717, 1.165) is 94.8 Å². The van der Waals surface area contributed by atoms with Crippen LogP contribution >= 0.6 is 0 Å². The zero-order valence-corrected chi connectivity index (χ0v) is 31.8. The predicted octanol–water partition coefficient (Wildman–Crippen LogP) is 11.7. The molecular formula is C52H31N3O2S. The highest BCUT2D eigenvalue weighted by Gasteiger charge is 2.52. The quantitative estimate of drug-likeness (QED) is 0.179. The van der Waals surface area contributed by atoms with Crippen molar-refractivity contribution in [2.45, 2.75) is 15.2 Å². The van der Waals surface area contributed by atoms with E-state index in [-0.39, 0.29) is 0 Å². The molecule has 0 amide bonds. The minimum Gasteiger partial charge on any atom is -0.264 e. The average molecular weight is 762 g/mol. The summed E-state index contributed by atoms with van der Waals surface area (Å²) < 4.78 is 29.5. The van der Waals surface area contributed by atoms with Crippen molar-refractivity contribution in [2.75, 3.05) is 0 Å². The summed E-state index contributed by atoms with van der Waals surface area (Å²) in [5, 5.41) is 0. The molecule has 3 heterocycles. The van der Waals surface area contributed by atoms with E-state index >= 15 is 0 Å². The first-order chi connectivity index (χ1) is 28.5. The highest BCUT2D eigenvalue weighted by atomic mass is 32.2. The summed E-state index contributed by atoms with van der Waals surface area (Å²) in [4.78, 5) is 15.6. The van der Waals surface area contributed by atoms with E-state index in [1.165, 1.54) is 0 Å². The molecule has 1 unspecified atom stereocenters. The molecule has 1 aliphatic heterocycles. The molecule has 0 N–H and O–H groups in total. The van der Waals surface area contributed by atoms with E-state index in [0.29, 0.717) is 15.6 Å². The lowest BCUT2D eigenvalue weighted by Gasteiger charge is -2.35. The third-order valence-electron chi connectivity index (χ3n) is 12.2. The maximum absolute atomic E-state index is 14.8. The predicted molar refractivity (Wildman–Crippen MR) is 229 cm³/mol. The van der Waals surface area contributed by atoms with Crippen molar-refractivity contribution in [3.05, 3.63) is 211 Å². The highest BCUT2D eigenvalue weighted by Crippen LogP contribution is 2.64. The summed E-state index contributed by atoms with van der Waals surface area (Å²) in [6.45, 7) is 0. The maximum atomic E-state index is 14.8. The minimum absolute atomic E-state index is 0.355. The van der Waals surface area contributed by atoms with Gasteiger partial charge in [0.1, 0.15) is 0 Å². The lowest BCUT2D eigenvalue weighted by Crippen LogP contribution is -2.29. The number of hydrogen-bond acceptors (Lipinski definition) is 5. The summed E-state index contributed by atoms with van der Waals surface area (Å²) in [6, 6.07) is 59.9. The largest absolute Gasteiger partial charge is 0.264 e. The Bertz CT molecular complexity index is 3250. The number of rotatable bonds is 3. The van der Waals surface area contributed by atoms with Crippen molar-refractivity contribution in [3.8, 4) is 78.4 Å². The van der Waals surface area contributed by atoms with Gasteiger partial charge in [-0.15, -0.1) is 0 Å². The maximum Gasteiger partial charge on any atom is 0.208 e.